The van der Waals surface area contributed by atoms with Crippen LogP contribution >= 0.6 is 11.6 Å². The van der Waals surface area contributed by atoms with Gasteiger partial charge in [-0.25, -0.2) is 4.98 Å². The Morgan fingerprint density at radius 2 is 2.08 bits per heavy atom. The fourth-order valence-electron chi connectivity index (χ4n) is 2.82. The van der Waals surface area contributed by atoms with Gasteiger partial charge in [-0.15, -0.1) is 0 Å². The van der Waals surface area contributed by atoms with E-state index in [4.69, 9.17) is 11.6 Å². The van der Waals surface area contributed by atoms with E-state index in [1.807, 2.05) is 30.3 Å². The van der Waals surface area contributed by atoms with Crippen LogP contribution in [0.1, 0.15) is 34.8 Å². The molecule has 1 aliphatic heterocycles. The topological polar surface area (TPSA) is 62.3 Å². The largest absolute Gasteiger partial charge is 0.343 e. The normalized spacial score (nSPS) is 15.4. The monoisotopic (exact) mass is 343 g/mol. The predicted molar refractivity (Wildman–Crippen MR) is 91.7 cm³/mol. The second-order valence-corrected chi connectivity index (χ2v) is 6.13. The number of pyridine rings is 1. The SMILES string of the molecule is O=C(N[C@@H](CN1CCCC1=O)c1ccccc1)c1ccnc(Cl)c1. The van der Waals surface area contributed by atoms with Crippen molar-refractivity contribution in [3.05, 3.63) is 64.9 Å². The number of aromatic nitrogens is 1. The Morgan fingerprint density at radius 3 is 2.75 bits per heavy atom. The highest BCUT2D eigenvalue weighted by Gasteiger charge is 2.25. The van der Waals surface area contributed by atoms with Crippen LogP contribution < -0.4 is 5.32 Å². The molecule has 1 saturated heterocycles. The molecule has 0 spiro atoms. The molecule has 2 aromatic rings. The minimum atomic E-state index is -0.271. The highest BCUT2D eigenvalue weighted by molar-refractivity contribution is 6.29. The molecule has 1 aromatic carbocycles. The molecule has 6 heteroatoms. The molecule has 5 nitrogen and oxygen atoms in total. The number of likely N-dealkylation sites (tertiary alicyclic amines) is 1. The summed E-state index contributed by atoms with van der Waals surface area (Å²) in [5, 5.41) is 3.28. The first-order valence-corrected chi connectivity index (χ1v) is 8.26. The maximum absolute atomic E-state index is 12.5. The van der Waals surface area contributed by atoms with Crippen molar-refractivity contribution in [1.82, 2.24) is 15.2 Å². The summed E-state index contributed by atoms with van der Waals surface area (Å²) < 4.78 is 0. The smallest absolute Gasteiger partial charge is 0.251 e. The van der Waals surface area contributed by atoms with Crippen LogP contribution in [0.25, 0.3) is 0 Å². The molecular formula is C18H18ClN3O2. The maximum Gasteiger partial charge on any atom is 0.251 e. The van der Waals surface area contributed by atoms with Gasteiger partial charge >= 0.3 is 0 Å². The Hall–Kier alpha value is -2.40. The fraction of sp³-hybridized carbons (Fsp3) is 0.278. The molecule has 0 unspecified atom stereocenters. The molecule has 0 bridgehead atoms. The molecule has 1 aromatic heterocycles. The molecule has 124 valence electrons. The number of carbonyl (C=O) groups is 2. The van der Waals surface area contributed by atoms with Crippen LogP contribution in [0.2, 0.25) is 5.15 Å². The second kappa shape index (κ2) is 7.45. The number of hydrogen-bond donors (Lipinski definition) is 1. The van der Waals surface area contributed by atoms with Crippen molar-refractivity contribution in [2.75, 3.05) is 13.1 Å². The Labute approximate surface area is 145 Å². The number of nitrogens with one attached hydrogen (secondary N) is 1. The van der Waals surface area contributed by atoms with Crippen molar-refractivity contribution in [1.29, 1.82) is 0 Å². The summed E-state index contributed by atoms with van der Waals surface area (Å²) in [5.74, 6) is -0.100. The summed E-state index contributed by atoms with van der Waals surface area (Å²) in [5.41, 5.74) is 1.41. The third-order valence-corrected chi connectivity index (χ3v) is 4.28. The predicted octanol–water partition coefficient (Wildman–Crippen LogP) is 2.83. The van der Waals surface area contributed by atoms with Crippen LogP contribution in [0.3, 0.4) is 0 Å². The van der Waals surface area contributed by atoms with E-state index in [9.17, 15) is 9.59 Å². The average Bonchev–Trinajstić information content (AvgIpc) is 3.00. The van der Waals surface area contributed by atoms with E-state index in [1.165, 1.54) is 12.3 Å². The minimum Gasteiger partial charge on any atom is -0.343 e. The third kappa shape index (κ3) is 3.92. The van der Waals surface area contributed by atoms with E-state index in [2.05, 4.69) is 10.3 Å². The van der Waals surface area contributed by atoms with Crippen LogP contribution in [-0.2, 0) is 4.79 Å². The molecule has 1 atom stereocenters. The molecule has 1 aliphatic rings. The summed E-state index contributed by atoms with van der Waals surface area (Å²) in [7, 11) is 0. The number of amides is 2. The summed E-state index contributed by atoms with van der Waals surface area (Å²) in [6.07, 6.45) is 2.95. The Bertz CT molecular complexity index is 736. The average molecular weight is 344 g/mol. The number of carbonyl (C=O) groups excluding carboxylic acids is 2. The van der Waals surface area contributed by atoms with Gasteiger partial charge in [-0.3, -0.25) is 9.59 Å². The first kappa shape index (κ1) is 16.5. The molecule has 0 saturated carbocycles. The van der Waals surface area contributed by atoms with Gasteiger partial charge in [0, 0.05) is 31.3 Å². The van der Waals surface area contributed by atoms with E-state index in [0.717, 1.165) is 18.5 Å². The van der Waals surface area contributed by atoms with E-state index in [0.29, 0.717) is 18.5 Å². The molecular weight excluding hydrogens is 326 g/mol. The van der Waals surface area contributed by atoms with Gasteiger partial charge in [-0.05, 0) is 24.1 Å². The van der Waals surface area contributed by atoms with Crippen molar-refractivity contribution < 1.29 is 9.59 Å². The lowest BCUT2D eigenvalue weighted by molar-refractivity contribution is -0.128. The summed E-state index contributed by atoms with van der Waals surface area (Å²) in [6.45, 7) is 1.20. The molecule has 0 aliphatic carbocycles. The lowest BCUT2D eigenvalue weighted by Crippen LogP contribution is -2.38. The zero-order valence-corrected chi connectivity index (χ0v) is 13.9. The lowest BCUT2D eigenvalue weighted by atomic mass is 10.1. The van der Waals surface area contributed by atoms with E-state index < -0.39 is 0 Å². The van der Waals surface area contributed by atoms with Gasteiger partial charge in [0.25, 0.3) is 5.91 Å². The maximum atomic E-state index is 12.5. The number of benzene rings is 1. The lowest BCUT2D eigenvalue weighted by Gasteiger charge is -2.25. The summed E-state index contributed by atoms with van der Waals surface area (Å²) in [6, 6.07) is 12.5. The van der Waals surface area contributed by atoms with Gasteiger partial charge < -0.3 is 10.2 Å². The minimum absolute atomic E-state index is 0.136. The molecule has 1 N–H and O–H groups in total. The summed E-state index contributed by atoms with van der Waals surface area (Å²) in [4.78, 5) is 30.2. The number of rotatable bonds is 5. The Morgan fingerprint density at radius 1 is 1.29 bits per heavy atom. The van der Waals surface area contributed by atoms with Gasteiger partial charge in [-0.2, -0.15) is 0 Å². The van der Waals surface area contributed by atoms with Crippen LogP contribution in [0, 0.1) is 0 Å². The highest BCUT2D eigenvalue weighted by atomic mass is 35.5. The highest BCUT2D eigenvalue weighted by Crippen LogP contribution is 2.19. The molecule has 3 rings (SSSR count). The Kier molecular flexibility index (Phi) is 5.11. The zero-order valence-electron chi connectivity index (χ0n) is 13.1. The number of hydrogen-bond acceptors (Lipinski definition) is 3. The van der Waals surface area contributed by atoms with Gasteiger partial charge in [0.2, 0.25) is 5.91 Å². The first-order chi connectivity index (χ1) is 11.6. The van der Waals surface area contributed by atoms with Crippen LogP contribution in [0.5, 0.6) is 0 Å². The van der Waals surface area contributed by atoms with Gasteiger partial charge in [0.05, 0.1) is 6.04 Å². The van der Waals surface area contributed by atoms with Crippen molar-refractivity contribution in [3.8, 4) is 0 Å². The van der Waals surface area contributed by atoms with Crippen LogP contribution in [0.15, 0.2) is 48.7 Å². The fourth-order valence-corrected chi connectivity index (χ4v) is 3.00. The van der Waals surface area contributed by atoms with E-state index >= 15 is 0 Å². The van der Waals surface area contributed by atoms with Gasteiger partial charge in [0.15, 0.2) is 0 Å². The van der Waals surface area contributed by atoms with Gasteiger partial charge in [-0.1, -0.05) is 41.9 Å². The van der Waals surface area contributed by atoms with Crippen molar-refractivity contribution in [3.63, 3.8) is 0 Å². The molecule has 24 heavy (non-hydrogen) atoms. The Balaban J connectivity index is 1.79. The second-order valence-electron chi connectivity index (χ2n) is 5.75. The van der Waals surface area contributed by atoms with E-state index in [1.54, 1.807) is 11.0 Å². The molecule has 0 radical (unpaired) electrons. The van der Waals surface area contributed by atoms with Gasteiger partial charge in [0.1, 0.15) is 5.15 Å². The zero-order chi connectivity index (χ0) is 16.9. The van der Waals surface area contributed by atoms with Crippen LogP contribution in [0.4, 0.5) is 0 Å². The summed E-state index contributed by atoms with van der Waals surface area (Å²) >= 11 is 5.86. The number of halogens is 1. The molecule has 2 amide bonds. The quantitative estimate of drug-likeness (QED) is 0.849. The number of nitrogens with zero attached hydrogens (tertiary/aromatic N) is 2. The first-order valence-electron chi connectivity index (χ1n) is 7.88. The van der Waals surface area contributed by atoms with E-state index in [-0.39, 0.29) is 23.0 Å². The van der Waals surface area contributed by atoms with Crippen LogP contribution in [-0.4, -0.2) is 34.8 Å². The standard InChI is InChI=1S/C18H18ClN3O2/c19-16-11-14(8-9-20-16)18(24)21-15(13-5-2-1-3-6-13)12-22-10-4-7-17(22)23/h1-3,5-6,8-9,11,15H,4,7,10,12H2,(H,21,24)/t15-/m0/s1. The van der Waals surface area contributed by atoms with Crippen molar-refractivity contribution in [2.24, 2.45) is 0 Å². The van der Waals surface area contributed by atoms with Crippen molar-refractivity contribution >= 4 is 23.4 Å². The molecule has 2 heterocycles. The molecule has 1 fully saturated rings. The van der Waals surface area contributed by atoms with Crippen molar-refractivity contribution in [2.45, 2.75) is 18.9 Å². The third-order valence-electron chi connectivity index (χ3n) is 4.07.